The van der Waals surface area contributed by atoms with E-state index in [4.69, 9.17) is 9.72 Å². The summed E-state index contributed by atoms with van der Waals surface area (Å²) in [6.07, 6.45) is 4.92. The number of hydrogen-bond donors (Lipinski definition) is 2. The predicted molar refractivity (Wildman–Crippen MR) is 200 cm³/mol. The van der Waals surface area contributed by atoms with E-state index in [9.17, 15) is 14.4 Å². The molecule has 13 nitrogen and oxygen atoms in total. The van der Waals surface area contributed by atoms with E-state index in [1.807, 2.05) is 40.0 Å². The molecule has 274 valence electrons. The predicted octanol–water partition coefficient (Wildman–Crippen LogP) is 5.06. The molecule has 0 aliphatic carbocycles. The van der Waals surface area contributed by atoms with Crippen LogP contribution in [-0.4, -0.2) is 102 Å². The lowest BCUT2D eigenvalue weighted by atomic mass is 9.71. The normalized spacial score (nSPS) is 20.6. The Morgan fingerprint density at radius 3 is 2.35 bits per heavy atom. The second kappa shape index (κ2) is 13.3. The van der Waals surface area contributed by atoms with Crippen molar-refractivity contribution >= 4 is 46.7 Å². The summed E-state index contributed by atoms with van der Waals surface area (Å²) >= 11 is 0. The Morgan fingerprint density at radius 2 is 1.65 bits per heavy atom. The maximum Gasteiger partial charge on any atom is 0.410 e. The second-order valence-electron chi connectivity index (χ2n) is 16.2. The number of benzene rings is 2. The number of carbonyl (C=O) groups is 3. The fourth-order valence-electron chi connectivity index (χ4n) is 8.37. The number of fused-ring (bicyclic) bond motifs is 1. The van der Waals surface area contributed by atoms with Crippen LogP contribution < -0.4 is 25.3 Å². The van der Waals surface area contributed by atoms with Crippen LogP contribution in [0.15, 0.2) is 48.7 Å². The van der Waals surface area contributed by atoms with Crippen molar-refractivity contribution < 1.29 is 19.1 Å². The summed E-state index contributed by atoms with van der Waals surface area (Å²) in [4.78, 5) is 56.8. The molecule has 0 atom stereocenters. The van der Waals surface area contributed by atoms with Crippen LogP contribution in [0.25, 0.3) is 0 Å². The number of ether oxygens (including phenoxy) is 1. The van der Waals surface area contributed by atoms with E-state index < -0.39 is 5.60 Å². The number of anilines is 5. The molecule has 4 saturated heterocycles. The van der Waals surface area contributed by atoms with Crippen molar-refractivity contribution in [2.45, 2.75) is 71.6 Å². The smallest absolute Gasteiger partial charge is 0.410 e. The highest BCUT2D eigenvalue weighted by Gasteiger charge is 2.53. The fraction of sp³-hybridized carbons (Fsp3) is 0.513. The van der Waals surface area contributed by atoms with Gasteiger partial charge in [0.05, 0.1) is 12.2 Å². The Kier molecular flexibility index (Phi) is 8.71. The quantitative estimate of drug-likeness (QED) is 0.359. The van der Waals surface area contributed by atoms with Gasteiger partial charge in [-0.15, -0.1) is 0 Å². The number of nitrogens with one attached hydrogen (secondary N) is 2. The Hall–Kier alpha value is -4.91. The second-order valence-corrected chi connectivity index (χ2v) is 16.2. The highest BCUT2D eigenvalue weighted by molar-refractivity contribution is 6.06. The third-order valence-electron chi connectivity index (χ3n) is 11.1. The monoisotopic (exact) mass is 707 g/mol. The number of imide groups is 1. The average Bonchev–Trinajstić information content (AvgIpc) is 3.07. The zero-order chi connectivity index (χ0) is 36.2. The average molecular weight is 708 g/mol. The number of likely N-dealkylation sites (tertiary alicyclic amines) is 1. The third-order valence-corrected chi connectivity index (χ3v) is 11.1. The Labute approximate surface area is 305 Å². The van der Waals surface area contributed by atoms with Crippen LogP contribution in [0.3, 0.4) is 0 Å². The van der Waals surface area contributed by atoms with Crippen molar-refractivity contribution in [1.29, 1.82) is 0 Å². The highest BCUT2D eigenvalue weighted by atomic mass is 16.6. The topological polar surface area (TPSA) is 126 Å². The van der Waals surface area contributed by atoms with Crippen LogP contribution in [0.2, 0.25) is 0 Å². The first kappa shape index (κ1) is 34.2. The number of aromatic nitrogens is 2. The first-order chi connectivity index (χ1) is 24.9. The molecule has 13 heteroatoms. The molecule has 0 bridgehead atoms. The van der Waals surface area contributed by atoms with Crippen molar-refractivity contribution in [3.63, 3.8) is 0 Å². The molecule has 0 radical (unpaired) electrons. The van der Waals surface area contributed by atoms with Gasteiger partial charge in [-0.3, -0.25) is 19.9 Å². The number of carbonyl (C=O) groups excluding carboxylic acids is 3. The van der Waals surface area contributed by atoms with Crippen molar-refractivity contribution in [3.8, 4) is 0 Å². The minimum atomic E-state index is -0.534. The summed E-state index contributed by atoms with van der Waals surface area (Å²) in [6.45, 7) is 15.7. The molecule has 1 aromatic heterocycles. The molecule has 6 heterocycles. The first-order valence-corrected chi connectivity index (χ1v) is 18.6. The molecule has 8 rings (SSSR count). The van der Waals surface area contributed by atoms with E-state index in [0.29, 0.717) is 49.9 Å². The molecule has 0 saturated carbocycles. The molecule has 5 aliphatic rings. The maximum absolute atomic E-state index is 12.6. The van der Waals surface area contributed by atoms with E-state index in [1.54, 1.807) is 9.80 Å². The van der Waals surface area contributed by atoms with Crippen LogP contribution >= 0.6 is 0 Å². The van der Waals surface area contributed by atoms with Gasteiger partial charge in [0.1, 0.15) is 5.60 Å². The number of rotatable bonds is 6. The fourth-order valence-corrected chi connectivity index (χ4v) is 8.37. The molecule has 1 spiro atoms. The van der Waals surface area contributed by atoms with Gasteiger partial charge in [-0.1, -0.05) is 0 Å². The Morgan fingerprint density at radius 1 is 0.923 bits per heavy atom. The van der Waals surface area contributed by atoms with E-state index >= 15 is 0 Å². The zero-order valence-electron chi connectivity index (χ0n) is 30.7. The van der Waals surface area contributed by atoms with Crippen LogP contribution in [0, 0.1) is 12.3 Å². The van der Waals surface area contributed by atoms with Crippen LogP contribution in [0.5, 0.6) is 0 Å². The molecule has 52 heavy (non-hydrogen) atoms. The number of piperidine rings is 1. The number of hydrogen-bond acceptors (Lipinski definition) is 10. The summed E-state index contributed by atoms with van der Waals surface area (Å²) < 4.78 is 5.57. The standard InChI is InChI=1S/C39H49N9O4/c1-26-19-31(9-10-33(26)48-18-14-34(49)43-36(48)50)47-24-39(25-47)22-46(23-39)30-12-16-44(17-13-30)29-7-5-28(6-8-29)41-35-40-20-27-11-15-45(21-32(27)42-35)37(51)52-38(2,3)4/h5-10,19-20,30H,11-18,21-25H2,1-4H3,(H,40,41,42)(H,43,49,50). The van der Waals surface area contributed by atoms with Crippen molar-refractivity contribution in [1.82, 2.24) is 25.1 Å². The number of urea groups is 1. The molecule has 4 amide bonds. The summed E-state index contributed by atoms with van der Waals surface area (Å²) in [5.74, 6) is 0.313. The highest BCUT2D eigenvalue weighted by Crippen LogP contribution is 2.44. The van der Waals surface area contributed by atoms with Crippen molar-refractivity contribution in [2.24, 2.45) is 5.41 Å². The maximum atomic E-state index is 12.6. The lowest BCUT2D eigenvalue weighted by Crippen LogP contribution is -2.74. The summed E-state index contributed by atoms with van der Waals surface area (Å²) in [5, 5.41) is 5.76. The van der Waals surface area contributed by atoms with Gasteiger partial charge in [-0.2, -0.15) is 0 Å². The lowest BCUT2D eigenvalue weighted by Gasteiger charge is -2.63. The van der Waals surface area contributed by atoms with Crippen LogP contribution in [0.4, 0.5) is 38.3 Å². The molecule has 4 fully saturated rings. The molecule has 2 aromatic carbocycles. The molecule has 3 aromatic rings. The molecule has 2 N–H and O–H groups in total. The largest absolute Gasteiger partial charge is 0.444 e. The van der Waals surface area contributed by atoms with E-state index in [-0.39, 0.29) is 18.0 Å². The van der Waals surface area contributed by atoms with Gasteiger partial charge in [-0.05, 0) is 101 Å². The minimum Gasteiger partial charge on any atom is -0.444 e. The third kappa shape index (κ3) is 6.98. The van der Waals surface area contributed by atoms with Gasteiger partial charge >= 0.3 is 12.1 Å². The van der Waals surface area contributed by atoms with Crippen LogP contribution in [0.1, 0.15) is 56.9 Å². The van der Waals surface area contributed by atoms with Gasteiger partial charge in [0.2, 0.25) is 11.9 Å². The number of amides is 4. The van der Waals surface area contributed by atoms with E-state index in [1.165, 1.54) is 24.2 Å². The van der Waals surface area contributed by atoms with Crippen molar-refractivity contribution in [3.05, 3.63) is 65.5 Å². The first-order valence-electron chi connectivity index (χ1n) is 18.6. The Balaban J connectivity index is 0.786. The molecular weight excluding hydrogens is 658 g/mol. The zero-order valence-corrected chi connectivity index (χ0v) is 30.7. The minimum absolute atomic E-state index is 0.212. The number of nitrogens with zero attached hydrogens (tertiary/aromatic N) is 7. The summed E-state index contributed by atoms with van der Waals surface area (Å²) in [7, 11) is 0. The van der Waals surface area contributed by atoms with Gasteiger partial charge in [0, 0.05) is 99.2 Å². The van der Waals surface area contributed by atoms with Gasteiger partial charge < -0.3 is 24.8 Å². The molecule has 0 unspecified atom stereocenters. The SMILES string of the molecule is Cc1cc(N2CC3(C2)CN(C2CCN(c4ccc(Nc5ncc6c(n5)CN(C(=O)OC(C)(C)C)CC6)cc4)CC2)C3)ccc1N1CCC(=O)NC1=O. The van der Waals surface area contributed by atoms with Gasteiger partial charge in [0.15, 0.2) is 0 Å². The number of aryl methyl sites for hydroxylation is 1. The Bertz CT molecular complexity index is 1850. The molecule has 5 aliphatic heterocycles. The van der Waals surface area contributed by atoms with Crippen LogP contribution in [-0.2, 0) is 22.5 Å². The van der Waals surface area contributed by atoms with Gasteiger partial charge in [0.25, 0.3) is 0 Å². The molecular formula is C39H49N9O4. The summed E-state index contributed by atoms with van der Waals surface area (Å²) in [5.41, 5.74) is 7.05. The van der Waals surface area contributed by atoms with E-state index in [0.717, 1.165) is 67.5 Å². The summed E-state index contributed by atoms with van der Waals surface area (Å²) in [6, 6.07) is 15.1. The van der Waals surface area contributed by atoms with Gasteiger partial charge in [-0.25, -0.2) is 19.6 Å². The lowest BCUT2D eigenvalue weighted by molar-refractivity contribution is -0.120. The van der Waals surface area contributed by atoms with E-state index in [2.05, 4.69) is 66.7 Å². The van der Waals surface area contributed by atoms with Crippen molar-refractivity contribution in [2.75, 3.05) is 72.4 Å².